The van der Waals surface area contributed by atoms with Crippen molar-refractivity contribution in [1.29, 1.82) is 0 Å². The number of nitrogens with zero attached hydrogens (tertiary/aromatic N) is 1. The third kappa shape index (κ3) is 2.86. The Kier molecular flexibility index (Phi) is 3.64. The van der Waals surface area contributed by atoms with Crippen LogP contribution in [-0.4, -0.2) is 4.98 Å². The molecule has 0 aliphatic rings. The number of nitrogens with one attached hydrogen (secondary N) is 1. The number of benzene rings is 1. The number of aromatic nitrogens is 1. The molecular formula is C13H13Cl2N3. The van der Waals surface area contributed by atoms with Crippen molar-refractivity contribution in [3.63, 3.8) is 0 Å². The summed E-state index contributed by atoms with van der Waals surface area (Å²) in [7, 11) is 0. The molecule has 1 heterocycles. The fourth-order valence-electron chi connectivity index (χ4n) is 1.75. The molecule has 0 unspecified atom stereocenters. The van der Waals surface area contributed by atoms with Crippen LogP contribution >= 0.6 is 23.2 Å². The highest BCUT2D eigenvalue weighted by Gasteiger charge is 2.07. The van der Waals surface area contributed by atoms with Crippen molar-refractivity contribution in [2.45, 2.75) is 13.8 Å². The van der Waals surface area contributed by atoms with Crippen molar-refractivity contribution in [2.24, 2.45) is 0 Å². The molecule has 18 heavy (non-hydrogen) atoms. The largest absolute Gasteiger partial charge is 0.382 e. The molecule has 0 saturated carbocycles. The van der Waals surface area contributed by atoms with Gasteiger partial charge in [0.25, 0.3) is 0 Å². The van der Waals surface area contributed by atoms with E-state index < -0.39 is 0 Å². The molecule has 3 N–H and O–H groups in total. The van der Waals surface area contributed by atoms with Crippen LogP contribution in [0.5, 0.6) is 0 Å². The number of aryl methyl sites for hydroxylation is 2. The Morgan fingerprint density at radius 1 is 1.00 bits per heavy atom. The van der Waals surface area contributed by atoms with Gasteiger partial charge >= 0.3 is 0 Å². The maximum Gasteiger partial charge on any atom is 0.151 e. The Balaban J connectivity index is 2.36. The van der Waals surface area contributed by atoms with Gasteiger partial charge in [-0.3, -0.25) is 0 Å². The summed E-state index contributed by atoms with van der Waals surface area (Å²) in [5, 5.41) is 3.93. The fourth-order valence-corrected chi connectivity index (χ4v) is 2.16. The van der Waals surface area contributed by atoms with Crippen LogP contribution in [0.2, 0.25) is 10.0 Å². The molecule has 3 nitrogen and oxygen atoms in total. The van der Waals surface area contributed by atoms with Crippen LogP contribution in [0.15, 0.2) is 24.3 Å². The van der Waals surface area contributed by atoms with Crippen molar-refractivity contribution < 1.29 is 0 Å². The van der Waals surface area contributed by atoms with Gasteiger partial charge in [-0.2, -0.15) is 0 Å². The summed E-state index contributed by atoms with van der Waals surface area (Å²) in [5.74, 6) is 0.761. The molecule has 94 valence electrons. The van der Waals surface area contributed by atoms with Crippen LogP contribution in [0.1, 0.15) is 11.1 Å². The Hall–Kier alpha value is -1.45. The highest BCUT2D eigenvalue weighted by molar-refractivity contribution is 6.37. The number of nitrogens with two attached hydrogens (primary N) is 1. The monoisotopic (exact) mass is 281 g/mol. The third-order valence-corrected chi connectivity index (χ3v) is 3.03. The summed E-state index contributed by atoms with van der Waals surface area (Å²) < 4.78 is 0. The zero-order valence-electron chi connectivity index (χ0n) is 10.1. The highest BCUT2D eigenvalue weighted by atomic mass is 35.5. The molecule has 0 bridgehead atoms. The number of halogens is 2. The van der Waals surface area contributed by atoms with Crippen molar-refractivity contribution in [1.82, 2.24) is 4.98 Å². The fraction of sp³-hybridized carbons (Fsp3) is 0.154. The Bertz CT molecular complexity index is 577. The first kappa shape index (κ1) is 13.0. The van der Waals surface area contributed by atoms with Gasteiger partial charge in [-0.15, -0.1) is 0 Å². The second kappa shape index (κ2) is 5.04. The van der Waals surface area contributed by atoms with E-state index in [0.717, 1.165) is 16.8 Å². The van der Waals surface area contributed by atoms with Crippen molar-refractivity contribution in [2.75, 3.05) is 11.1 Å². The molecule has 2 aromatic rings. The number of pyridine rings is 1. The summed E-state index contributed by atoms with van der Waals surface area (Å²) in [6, 6.07) is 7.69. The predicted octanol–water partition coefficient (Wildman–Crippen LogP) is 4.33. The third-order valence-electron chi connectivity index (χ3n) is 2.44. The molecule has 1 aromatic carbocycles. The van der Waals surface area contributed by atoms with Crippen molar-refractivity contribution >= 4 is 40.5 Å². The standard InChI is InChI=1S/C13H13Cl2N3/c1-7-3-8(2)5-9(4-7)17-13-11(15)6-10(14)12(16)18-13/h3-6H,1-2H3,(H3,16,17,18). The van der Waals surface area contributed by atoms with E-state index in [-0.39, 0.29) is 5.82 Å². The van der Waals surface area contributed by atoms with Crippen LogP contribution in [0.3, 0.4) is 0 Å². The molecule has 1 aromatic heterocycles. The lowest BCUT2D eigenvalue weighted by Crippen LogP contribution is -1.99. The van der Waals surface area contributed by atoms with Crippen LogP contribution in [-0.2, 0) is 0 Å². The molecule has 0 spiro atoms. The van der Waals surface area contributed by atoms with Gasteiger partial charge in [-0.1, -0.05) is 29.3 Å². The van der Waals surface area contributed by atoms with E-state index in [4.69, 9.17) is 28.9 Å². The van der Waals surface area contributed by atoms with E-state index in [1.807, 2.05) is 26.0 Å². The molecule has 5 heteroatoms. The van der Waals surface area contributed by atoms with Crippen LogP contribution in [0.4, 0.5) is 17.3 Å². The second-order valence-corrected chi connectivity index (χ2v) is 5.00. The van der Waals surface area contributed by atoms with E-state index in [1.165, 1.54) is 0 Å². The van der Waals surface area contributed by atoms with Gasteiger partial charge < -0.3 is 11.1 Å². The first-order valence-corrected chi connectivity index (χ1v) is 6.18. The van der Waals surface area contributed by atoms with Gasteiger partial charge in [-0.25, -0.2) is 4.98 Å². The van der Waals surface area contributed by atoms with Crippen LogP contribution < -0.4 is 11.1 Å². The molecule has 0 radical (unpaired) electrons. The second-order valence-electron chi connectivity index (χ2n) is 4.19. The van der Waals surface area contributed by atoms with Gasteiger partial charge in [-0.05, 0) is 43.2 Å². The average molecular weight is 282 g/mol. The van der Waals surface area contributed by atoms with Gasteiger partial charge in [0.15, 0.2) is 5.82 Å². The first-order valence-electron chi connectivity index (χ1n) is 5.42. The lowest BCUT2D eigenvalue weighted by atomic mass is 10.1. The van der Waals surface area contributed by atoms with Crippen LogP contribution in [0, 0.1) is 13.8 Å². The van der Waals surface area contributed by atoms with E-state index >= 15 is 0 Å². The van der Waals surface area contributed by atoms with Crippen LogP contribution in [0.25, 0.3) is 0 Å². The van der Waals surface area contributed by atoms with Crippen molar-refractivity contribution in [3.05, 3.63) is 45.4 Å². The van der Waals surface area contributed by atoms with E-state index in [1.54, 1.807) is 6.07 Å². The zero-order valence-corrected chi connectivity index (χ0v) is 11.6. The minimum Gasteiger partial charge on any atom is -0.382 e. The lowest BCUT2D eigenvalue weighted by molar-refractivity contribution is 1.30. The molecule has 0 aliphatic carbocycles. The molecular weight excluding hydrogens is 269 g/mol. The summed E-state index contributed by atoms with van der Waals surface area (Å²) in [6.45, 7) is 4.06. The lowest BCUT2D eigenvalue weighted by Gasteiger charge is -2.10. The Morgan fingerprint density at radius 3 is 2.22 bits per heavy atom. The molecule has 0 saturated heterocycles. The summed E-state index contributed by atoms with van der Waals surface area (Å²) in [4.78, 5) is 4.13. The summed E-state index contributed by atoms with van der Waals surface area (Å²) >= 11 is 11.9. The smallest absolute Gasteiger partial charge is 0.151 e. The minimum absolute atomic E-state index is 0.257. The van der Waals surface area contributed by atoms with E-state index in [2.05, 4.69) is 16.4 Å². The van der Waals surface area contributed by atoms with Crippen molar-refractivity contribution in [3.8, 4) is 0 Å². The van der Waals surface area contributed by atoms with E-state index in [0.29, 0.717) is 15.9 Å². The average Bonchev–Trinajstić information content (AvgIpc) is 2.24. The number of rotatable bonds is 2. The molecule has 0 amide bonds. The molecule has 2 rings (SSSR count). The molecule has 0 atom stereocenters. The predicted molar refractivity (Wildman–Crippen MR) is 77.9 cm³/mol. The van der Waals surface area contributed by atoms with Gasteiger partial charge in [0, 0.05) is 5.69 Å². The minimum atomic E-state index is 0.257. The highest BCUT2D eigenvalue weighted by Crippen LogP contribution is 2.29. The van der Waals surface area contributed by atoms with Gasteiger partial charge in [0.05, 0.1) is 10.0 Å². The maximum atomic E-state index is 6.07. The Morgan fingerprint density at radius 2 is 1.61 bits per heavy atom. The maximum absolute atomic E-state index is 6.07. The summed E-state index contributed by atoms with van der Waals surface area (Å²) in [5.41, 5.74) is 8.91. The SMILES string of the molecule is Cc1cc(C)cc(Nc2nc(N)c(Cl)cc2Cl)c1. The quantitative estimate of drug-likeness (QED) is 0.861. The number of anilines is 3. The number of hydrogen-bond donors (Lipinski definition) is 2. The Labute approximate surface area is 116 Å². The normalized spacial score (nSPS) is 10.4. The molecule has 0 fully saturated rings. The number of hydrogen-bond acceptors (Lipinski definition) is 3. The van der Waals surface area contributed by atoms with Gasteiger partial charge in [0.2, 0.25) is 0 Å². The molecule has 0 aliphatic heterocycles. The van der Waals surface area contributed by atoms with Gasteiger partial charge in [0.1, 0.15) is 5.82 Å². The zero-order chi connectivity index (χ0) is 13.3. The summed E-state index contributed by atoms with van der Waals surface area (Å²) in [6.07, 6.45) is 0. The first-order chi connectivity index (χ1) is 8.45. The number of nitrogen functional groups attached to an aromatic ring is 1. The van der Waals surface area contributed by atoms with E-state index in [9.17, 15) is 0 Å². The topological polar surface area (TPSA) is 50.9 Å².